The van der Waals surface area contributed by atoms with Gasteiger partial charge in [0.05, 0.1) is 31.9 Å². The van der Waals surface area contributed by atoms with Gasteiger partial charge in [0.25, 0.3) is 5.69 Å². The predicted octanol–water partition coefficient (Wildman–Crippen LogP) is 0.527. The molecule has 0 unspecified atom stereocenters. The van der Waals surface area contributed by atoms with Crippen molar-refractivity contribution < 1.29 is 33.5 Å². The first-order chi connectivity index (χ1) is 11.3. The molecular formula is C14H16N2O8. The summed E-state index contributed by atoms with van der Waals surface area (Å²) in [6.07, 6.45) is 0.275. The molecular weight excluding hydrogens is 324 g/mol. The second-order valence-electron chi connectivity index (χ2n) is 4.62. The quantitative estimate of drug-likeness (QED) is 0.229. The Kier molecular flexibility index (Phi) is 6.33. The Labute approximate surface area is 136 Å². The van der Waals surface area contributed by atoms with Crippen LogP contribution in [0.2, 0.25) is 0 Å². The molecule has 0 saturated heterocycles. The van der Waals surface area contributed by atoms with Gasteiger partial charge in [0.1, 0.15) is 6.20 Å². The van der Waals surface area contributed by atoms with E-state index in [0.717, 1.165) is 39.7 Å². The van der Waals surface area contributed by atoms with Crippen LogP contribution in [0.4, 0.5) is 5.69 Å². The predicted molar refractivity (Wildman–Crippen MR) is 77.9 cm³/mol. The zero-order chi connectivity index (χ0) is 18.3. The van der Waals surface area contributed by atoms with Gasteiger partial charge in [-0.05, 0) is 12.5 Å². The molecule has 10 heteroatoms. The van der Waals surface area contributed by atoms with E-state index in [9.17, 15) is 24.5 Å². The maximum Gasteiger partial charge on any atom is 0.329 e. The van der Waals surface area contributed by atoms with Crippen LogP contribution in [0.1, 0.15) is 18.5 Å². The molecule has 10 nitrogen and oxygen atoms in total. The van der Waals surface area contributed by atoms with Crippen molar-refractivity contribution in [3.8, 4) is 0 Å². The third-order valence-corrected chi connectivity index (χ3v) is 3.40. The SMILES string of the molecule is COC(=O)CCC(C(=O)OC)(C(=O)OC)c1ccc([N+](=O)[O-])cn1. The molecule has 0 N–H and O–H groups in total. The Morgan fingerprint density at radius 3 is 2.08 bits per heavy atom. The summed E-state index contributed by atoms with van der Waals surface area (Å²) in [4.78, 5) is 49.9. The molecule has 0 radical (unpaired) electrons. The van der Waals surface area contributed by atoms with Gasteiger partial charge in [0, 0.05) is 12.5 Å². The molecule has 0 aromatic carbocycles. The molecule has 0 fully saturated rings. The number of ether oxygens (including phenoxy) is 3. The highest BCUT2D eigenvalue weighted by molar-refractivity contribution is 6.06. The molecule has 1 rings (SSSR count). The zero-order valence-corrected chi connectivity index (χ0v) is 13.3. The maximum absolute atomic E-state index is 12.3. The van der Waals surface area contributed by atoms with E-state index in [0.29, 0.717) is 0 Å². The lowest BCUT2D eigenvalue weighted by atomic mass is 9.79. The number of methoxy groups -OCH3 is 3. The maximum atomic E-state index is 12.3. The van der Waals surface area contributed by atoms with E-state index in [1.807, 2.05) is 0 Å². The lowest BCUT2D eigenvalue weighted by Crippen LogP contribution is -2.46. The lowest BCUT2D eigenvalue weighted by molar-refractivity contribution is -0.385. The first-order valence-electron chi connectivity index (χ1n) is 6.68. The van der Waals surface area contributed by atoms with Crippen molar-refractivity contribution >= 4 is 23.6 Å². The van der Waals surface area contributed by atoms with E-state index >= 15 is 0 Å². The van der Waals surface area contributed by atoms with Crippen LogP contribution in [0.25, 0.3) is 0 Å². The van der Waals surface area contributed by atoms with Gasteiger partial charge in [0.15, 0.2) is 0 Å². The van der Waals surface area contributed by atoms with Crippen molar-refractivity contribution in [2.75, 3.05) is 21.3 Å². The molecule has 130 valence electrons. The molecule has 24 heavy (non-hydrogen) atoms. The molecule has 0 spiro atoms. The Hall–Kier alpha value is -3.04. The van der Waals surface area contributed by atoms with E-state index in [1.165, 1.54) is 0 Å². The van der Waals surface area contributed by atoms with Crippen molar-refractivity contribution in [2.45, 2.75) is 18.3 Å². The fourth-order valence-electron chi connectivity index (χ4n) is 2.11. The minimum atomic E-state index is -2.03. The number of rotatable bonds is 7. The van der Waals surface area contributed by atoms with Gasteiger partial charge in [-0.1, -0.05) is 0 Å². The summed E-state index contributed by atoms with van der Waals surface area (Å²) < 4.78 is 13.8. The summed E-state index contributed by atoms with van der Waals surface area (Å²) in [5.74, 6) is -2.66. The summed E-state index contributed by atoms with van der Waals surface area (Å²) in [6.45, 7) is 0. The highest BCUT2D eigenvalue weighted by Crippen LogP contribution is 2.32. The summed E-state index contributed by atoms with van der Waals surface area (Å²) in [5, 5.41) is 10.7. The summed E-state index contributed by atoms with van der Waals surface area (Å²) in [7, 11) is 3.28. The molecule has 1 aromatic rings. The highest BCUT2D eigenvalue weighted by atomic mass is 16.6. The van der Waals surface area contributed by atoms with Crippen LogP contribution in [-0.2, 0) is 34.0 Å². The second-order valence-corrected chi connectivity index (χ2v) is 4.62. The van der Waals surface area contributed by atoms with E-state index < -0.39 is 28.2 Å². The normalized spacial score (nSPS) is 10.6. The summed E-state index contributed by atoms with van der Waals surface area (Å²) in [5.41, 5.74) is -2.49. The van der Waals surface area contributed by atoms with Crippen LogP contribution >= 0.6 is 0 Å². The average Bonchev–Trinajstić information content (AvgIpc) is 2.61. The minimum absolute atomic E-state index is 0.129. The van der Waals surface area contributed by atoms with Gasteiger partial charge in [-0.25, -0.2) is 0 Å². The first-order valence-corrected chi connectivity index (χ1v) is 6.68. The van der Waals surface area contributed by atoms with Crippen LogP contribution in [0.5, 0.6) is 0 Å². The van der Waals surface area contributed by atoms with Crippen LogP contribution in [-0.4, -0.2) is 49.1 Å². The van der Waals surface area contributed by atoms with E-state index in [1.54, 1.807) is 0 Å². The molecule has 1 heterocycles. The average molecular weight is 340 g/mol. The largest absolute Gasteiger partial charge is 0.469 e. The Morgan fingerprint density at radius 1 is 1.12 bits per heavy atom. The minimum Gasteiger partial charge on any atom is -0.469 e. The zero-order valence-electron chi connectivity index (χ0n) is 13.3. The van der Waals surface area contributed by atoms with Crippen LogP contribution in [0, 0.1) is 10.1 Å². The van der Waals surface area contributed by atoms with Gasteiger partial charge >= 0.3 is 17.9 Å². The van der Waals surface area contributed by atoms with E-state index in [4.69, 9.17) is 0 Å². The Balaban J connectivity index is 3.42. The molecule has 0 bridgehead atoms. The van der Waals surface area contributed by atoms with Crippen molar-refractivity contribution in [3.05, 3.63) is 34.1 Å². The van der Waals surface area contributed by atoms with Gasteiger partial charge in [-0.3, -0.25) is 29.5 Å². The molecule has 1 aromatic heterocycles. The number of nitro groups is 1. The number of carbonyl (C=O) groups is 3. The lowest BCUT2D eigenvalue weighted by Gasteiger charge is -2.27. The third-order valence-electron chi connectivity index (χ3n) is 3.40. The molecule has 0 aliphatic carbocycles. The number of esters is 3. The third kappa shape index (κ3) is 3.65. The van der Waals surface area contributed by atoms with Crippen molar-refractivity contribution in [1.29, 1.82) is 0 Å². The van der Waals surface area contributed by atoms with Crippen molar-refractivity contribution in [3.63, 3.8) is 0 Å². The fraction of sp³-hybridized carbons (Fsp3) is 0.429. The van der Waals surface area contributed by atoms with Gasteiger partial charge in [0.2, 0.25) is 5.41 Å². The number of aromatic nitrogens is 1. The van der Waals surface area contributed by atoms with Gasteiger partial charge in [-0.2, -0.15) is 0 Å². The van der Waals surface area contributed by atoms with Gasteiger partial charge < -0.3 is 14.2 Å². The van der Waals surface area contributed by atoms with Gasteiger partial charge in [-0.15, -0.1) is 0 Å². The van der Waals surface area contributed by atoms with Crippen LogP contribution in [0.3, 0.4) is 0 Å². The standard InChI is InChI=1S/C14H16N2O8/c1-22-11(17)6-7-14(12(18)23-2,13(19)24-3)10-5-4-9(8-15-10)16(20)21/h4-5,8H,6-7H2,1-3H3. The number of hydrogen-bond acceptors (Lipinski definition) is 9. The van der Waals surface area contributed by atoms with Crippen LogP contribution in [0.15, 0.2) is 18.3 Å². The summed E-state index contributed by atoms with van der Waals surface area (Å²) >= 11 is 0. The number of hydrogen-bond donors (Lipinski definition) is 0. The molecule has 0 atom stereocenters. The smallest absolute Gasteiger partial charge is 0.329 e. The van der Waals surface area contributed by atoms with Crippen molar-refractivity contribution in [2.24, 2.45) is 0 Å². The molecule has 0 aliphatic rings. The number of pyridine rings is 1. The monoisotopic (exact) mass is 340 g/mol. The van der Waals surface area contributed by atoms with Crippen molar-refractivity contribution in [1.82, 2.24) is 4.98 Å². The molecule has 0 amide bonds. The Bertz CT molecular complexity index is 625. The van der Waals surface area contributed by atoms with Crippen LogP contribution < -0.4 is 0 Å². The summed E-state index contributed by atoms with van der Waals surface area (Å²) in [6, 6.07) is 2.23. The highest BCUT2D eigenvalue weighted by Gasteiger charge is 2.51. The molecule has 0 aliphatic heterocycles. The van der Waals surface area contributed by atoms with E-state index in [2.05, 4.69) is 19.2 Å². The second kappa shape index (κ2) is 7.99. The van der Waals surface area contributed by atoms with E-state index in [-0.39, 0.29) is 24.2 Å². The topological polar surface area (TPSA) is 135 Å². The molecule has 0 saturated carbocycles. The fourth-order valence-corrected chi connectivity index (χ4v) is 2.11. The number of nitrogens with zero attached hydrogens (tertiary/aromatic N) is 2. The number of carbonyl (C=O) groups excluding carboxylic acids is 3. The Morgan fingerprint density at radius 2 is 1.71 bits per heavy atom. The first kappa shape index (κ1) is 19.0.